The van der Waals surface area contributed by atoms with Gasteiger partial charge in [-0.2, -0.15) is 13.2 Å². The van der Waals surface area contributed by atoms with E-state index in [9.17, 15) is 33.2 Å². The summed E-state index contributed by atoms with van der Waals surface area (Å²) < 4.78 is 63.0. The van der Waals surface area contributed by atoms with Crippen LogP contribution in [-0.4, -0.2) is 71.1 Å². The second kappa shape index (κ2) is 14.2. The van der Waals surface area contributed by atoms with Crippen molar-refractivity contribution < 1.29 is 42.2 Å². The summed E-state index contributed by atoms with van der Waals surface area (Å²) >= 11 is 0. The number of fused-ring (bicyclic) bond motifs is 1. The molecule has 4 aromatic rings. The molecule has 3 aromatic carbocycles. The van der Waals surface area contributed by atoms with Crippen molar-refractivity contribution in [1.82, 2.24) is 9.47 Å². The van der Waals surface area contributed by atoms with Gasteiger partial charge in [-0.3, -0.25) is 19.8 Å². The summed E-state index contributed by atoms with van der Waals surface area (Å²) in [6.07, 6.45) is -3.25. The topological polar surface area (TPSA) is 116 Å². The molecule has 0 spiro atoms. The second-order valence-corrected chi connectivity index (χ2v) is 11.9. The molecule has 0 bridgehead atoms. The highest BCUT2D eigenvalue weighted by Gasteiger charge is 2.57. The van der Waals surface area contributed by atoms with Crippen LogP contribution in [0.2, 0.25) is 0 Å². The van der Waals surface area contributed by atoms with E-state index >= 15 is 0 Å². The number of nitrogens with zero attached hydrogens (tertiary/aromatic N) is 3. The lowest BCUT2D eigenvalue weighted by atomic mass is 9.91. The number of rotatable bonds is 12. The first-order valence-electron chi connectivity index (χ1n) is 15.7. The Kier molecular flexibility index (Phi) is 10.3. The molecule has 1 fully saturated rings. The smallest absolute Gasteiger partial charge is 0.422 e. The average molecular weight is 670 g/mol. The van der Waals surface area contributed by atoms with Crippen LogP contribution in [0.5, 0.6) is 11.5 Å². The maximum atomic E-state index is 15.0. The second-order valence-electron chi connectivity index (χ2n) is 11.9. The van der Waals surface area contributed by atoms with Gasteiger partial charge in [-0.05, 0) is 56.0 Å². The van der Waals surface area contributed by atoms with Crippen LogP contribution in [0.1, 0.15) is 49.4 Å². The van der Waals surface area contributed by atoms with Crippen molar-refractivity contribution in [3.63, 3.8) is 0 Å². The van der Waals surface area contributed by atoms with E-state index in [1.54, 1.807) is 53.6 Å². The number of carbonyl (C=O) groups excluding carboxylic acids is 1. The third-order valence-electron chi connectivity index (χ3n) is 8.80. The highest BCUT2D eigenvalue weighted by molar-refractivity contribution is 5.87. The first-order valence-corrected chi connectivity index (χ1v) is 15.7. The summed E-state index contributed by atoms with van der Waals surface area (Å²) in [4.78, 5) is 24.4. The van der Waals surface area contributed by atoms with Crippen molar-refractivity contribution in [1.29, 1.82) is 0 Å². The lowest BCUT2D eigenvalue weighted by Gasteiger charge is -2.39. The molecule has 1 N–H and O–H groups in total. The van der Waals surface area contributed by atoms with Gasteiger partial charge in [0, 0.05) is 48.9 Å². The Balaban J connectivity index is 1.37. The zero-order chi connectivity index (χ0) is 34.6. The minimum Gasteiger partial charge on any atom is -0.493 e. The van der Waals surface area contributed by atoms with Gasteiger partial charge in [0.25, 0.3) is 5.69 Å². The number of ether oxygens (including phenoxy) is 3. The summed E-state index contributed by atoms with van der Waals surface area (Å²) in [5.41, 5.74) is -2.21. The molecule has 0 saturated carbocycles. The van der Waals surface area contributed by atoms with Gasteiger partial charge < -0.3 is 23.9 Å². The monoisotopic (exact) mass is 669 g/mol. The third kappa shape index (κ3) is 7.26. The number of alkyl halides is 3. The molecule has 48 heavy (non-hydrogen) atoms. The number of methoxy groups -OCH3 is 1. The number of halogens is 3. The lowest BCUT2D eigenvalue weighted by molar-refractivity contribution is -0.384. The molecule has 2 heterocycles. The number of likely N-dealkylation sites (tertiary alicyclic amines) is 1. The van der Waals surface area contributed by atoms with Gasteiger partial charge in [0.1, 0.15) is 6.10 Å². The van der Waals surface area contributed by atoms with E-state index in [1.165, 1.54) is 25.4 Å². The van der Waals surface area contributed by atoms with E-state index in [2.05, 4.69) is 0 Å². The molecule has 1 aromatic heterocycles. The number of nitro groups is 1. The summed E-state index contributed by atoms with van der Waals surface area (Å²) in [6.45, 7) is 3.50. The van der Waals surface area contributed by atoms with Gasteiger partial charge in [0.15, 0.2) is 11.5 Å². The fraction of sp³-hybridized carbons (Fsp3) is 0.400. The molecule has 2 atom stereocenters. The van der Waals surface area contributed by atoms with Crippen LogP contribution in [0, 0.1) is 10.1 Å². The summed E-state index contributed by atoms with van der Waals surface area (Å²) in [5, 5.41) is 23.3. The number of benzene rings is 3. The van der Waals surface area contributed by atoms with Crippen molar-refractivity contribution in [3.8, 4) is 11.5 Å². The molecule has 1 aliphatic heterocycles. The number of aromatic nitrogens is 1. The molecule has 1 aliphatic rings. The molecule has 0 radical (unpaired) electrons. The van der Waals surface area contributed by atoms with Gasteiger partial charge in [0.2, 0.25) is 5.60 Å². The number of nitro benzene ring substituents is 1. The van der Waals surface area contributed by atoms with Gasteiger partial charge >= 0.3 is 12.1 Å². The van der Waals surface area contributed by atoms with Crippen molar-refractivity contribution in [3.05, 3.63) is 99.7 Å². The zero-order valence-corrected chi connectivity index (χ0v) is 26.9. The summed E-state index contributed by atoms with van der Waals surface area (Å²) in [5.74, 6) is 0.507. The Morgan fingerprint density at radius 2 is 1.77 bits per heavy atom. The van der Waals surface area contributed by atoms with Crippen molar-refractivity contribution in [2.45, 2.75) is 57.0 Å². The minimum absolute atomic E-state index is 0.0751. The molecular weight excluding hydrogens is 631 g/mol. The van der Waals surface area contributed by atoms with Gasteiger partial charge in [-0.25, -0.2) is 0 Å². The Morgan fingerprint density at radius 3 is 2.40 bits per heavy atom. The molecule has 2 unspecified atom stereocenters. The Labute approximate surface area is 275 Å². The lowest BCUT2D eigenvalue weighted by Crippen LogP contribution is -2.53. The van der Waals surface area contributed by atoms with Crippen molar-refractivity contribution >= 4 is 22.6 Å². The number of hydrogen-bond acceptors (Lipinski definition) is 8. The van der Waals surface area contributed by atoms with E-state index < -0.39 is 29.3 Å². The highest BCUT2D eigenvalue weighted by atomic mass is 19.4. The molecule has 1 saturated heterocycles. The van der Waals surface area contributed by atoms with Gasteiger partial charge in [-0.15, -0.1) is 0 Å². The molecule has 13 heteroatoms. The number of β-amino-alcohol motifs (C(OH)–C–C–N with tert-alkyl or cyclic N) is 1. The van der Waals surface area contributed by atoms with E-state index in [0.717, 1.165) is 11.6 Å². The SMILES string of the molecule is CCOC(=O)Cc1ccc(OC2CCN(CC(O)(c3cn(C(C)c4ccccc4)c4cc([N+](=O)[O-])ccc34)C(F)(F)F)CC2)c(OC)c1. The number of hydrogen-bond donors (Lipinski definition) is 1. The molecule has 256 valence electrons. The quantitative estimate of drug-likeness (QED) is 0.102. The van der Waals surface area contributed by atoms with Gasteiger partial charge in [0.05, 0.1) is 36.6 Å². The summed E-state index contributed by atoms with van der Waals surface area (Å²) in [7, 11) is 1.48. The maximum absolute atomic E-state index is 15.0. The largest absolute Gasteiger partial charge is 0.493 e. The van der Waals surface area contributed by atoms with E-state index in [1.807, 2.05) is 18.2 Å². The number of non-ortho nitro benzene ring substituents is 1. The van der Waals surface area contributed by atoms with Crippen LogP contribution in [0.25, 0.3) is 10.9 Å². The van der Waals surface area contributed by atoms with Crippen LogP contribution < -0.4 is 9.47 Å². The molecule has 5 rings (SSSR count). The Bertz CT molecular complexity index is 1750. The number of carbonyl (C=O) groups is 1. The first kappa shape index (κ1) is 34.7. The molecular formula is C35H38F3N3O7. The fourth-order valence-corrected chi connectivity index (χ4v) is 6.21. The summed E-state index contributed by atoms with van der Waals surface area (Å²) in [6, 6.07) is 17.4. The highest BCUT2D eigenvalue weighted by Crippen LogP contribution is 2.45. The first-order chi connectivity index (χ1) is 22.8. The molecule has 0 amide bonds. The van der Waals surface area contributed by atoms with Crippen LogP contribution in [0.15, 0.2) is 72.9 Å². The average Bonchev–Trinajstić information content (AvgIpc) is 3.45. The standard InChI is InChI=1S/C35H38F3N3O7/c1-4-47-33(42)19-24-10-13-31(32(18-24)46-3)48-27-14-16-39(17-15-27)22-34(43,35(36,37)38)29-21-40(23(2)25-8-6-5-7-9-25)30-20-26(41(44)45)11-12-28(29)30/h5-13,18,20-21,23,27,43H,4,14-17,19,22H2,1-3H3. The Hall–Kier alpha value is -4.62. The van der Waals surface area contributed by atoms with Crippen LogP contribution in [-0.2, 0) is 21.6 Å². The van der Waals surface area contributed by atoms with Crippen LogP contribution in [0.3, 0.4) is 0 Å². The number of aliphatic hydroxyl groups is 1. The van der Waals surface area contributed by atoms with Crippen LogP contribution >= 0.6 is 0 Å². The normalized spacial score (nSPS) is 16.3. The van der Waals surface area contributed by atoms with E-state index in [0.29, 0.717) is 29.9 Å². The van der Waals surface area contributed by atoms with Gasteiger partial charge in [-0.1, -0.05) is 36.4 Å². The zero-order valence-electron chi connectivity index (χ0n) is 26.9. The maximum Gasteiger partial charge on any atom is 0.422 e. The van der Waals surface area contributed by atoms with Crippen LogP contribution in [0.4, 0.5) is 18.9 Å². The van der Waals surface area contributed by atoms with E-state index in [4.69, 9.17) is 14.2 Å². The molecule has 0 aliphatic carbocycles. The molecule has 10 nitrogen and oxygen atoms in total. The van der Waals surface area contributed by atoms with Crippen molar-refractivity contribution in [2.75, 3.05) is 33.4 Å². The fourth-order valence-electron chi connectivity index (χ4n) is 6.21. The predicted octanol–water partition coefficient (Wildman–Crippen LogP) is 6.57. The van der Waals surface area contributed by atoms with E-state index in [-0.39, 0.29) is 60.3 Å². The third-order valence-corrected chi connectivity index (χ3v) is 8.80. The Morgan fingerprint density at radius 1 is 1.06 bits per heavy atom. The minimum atomic E-state index is -5.06. The number of piperidine rings is 1. The predicted molar refractivity (Wildman–Crippen MR) is 172 cm³/mol. The van der Waals surface area contributed by atoms with Crippen molar-refractivity contribution in [2.24, 2.45) is 0 Å². The number of esters is 1.